The molecule has 3 aromatic rings. The smallest absolute Gasteiger partial charge is 0.300 e. The van der Waals surface area contributed by atoms with E-state index >= 15 is 0 Å². The Morgan fingerprint density at radius 2 is 1.67 bits per heavy atom. The van der Waals surface area contributed by atoms with Crippen LogP contribution < -0.4 is 19.7 Å². The lowest BCUT2D eigenvalue weighted by Crippen LogP contribution is -2.29. The first-order valence-electron chi connectivity index (χ1n) is 11.2. The van der Waals surface area contributed by atoms with Gasteiger partial charge >= 0.3 is 0 Å². The van der Waals surface area contributed by atoms with Crippen LogP contribution in [-0.4, -0.2) is 36.9 Å². The fourth-order valence-corrected chi connectivity index (χ4v) is 4.37. The van der Waals surface area contributed by atoms with Crippen molar-refractivity contribution in [2.24, 2.45) is 0 Å². The molecule has 1 heterocycles. The van der Waals surface area contributed by atoms with E-state index in [1.165, 1.54) is 18.9 Å². The van der Waals surface area contributed by atoms with Crippen molar-refractivity contribution in [2.45, 2.75) is 19.9 Å². The van der Waals surface area contributed by atoms with E-state index in [1.807, 2.05) is 0 Å². The first-order valence-corrected chi connectivity index (χ1v) is 11.2. The minimum atomic E-state index is -0.950. The quantitative estimate of drug-likeness (QED) is 0.300. The Hall–Kier alpha value is -4.59. The highest BCUT2D eigenvalue weighted by Crippen LogP contribution is 2.45. The molecule has 1 fully saturated rings. The van der Waals surface area contributed by atoms with Crippen molar-refractivity contribution >= 4 is 34.7 Å². The largest absolute Gasteiger partial charge is 0.507 e. The molecule has 0 bridgehead atoms. The molecule has 1 aliphatic heterocycles. The molecule has 0 aliphatic carbocycles. The number of hydrogen-bond acceptors (Lipinski definition) is 6. The maximum Gasteiger partial charge on any atom is 0.300 e. The molecule has 1 aliphatic rings. The van der Waals surface area contributed by atoms with Crippen molar-refractivity contribution in [1.29, 1.82) is 0 Å². The van der Waals surface area contributed by atoms with Crippen LogP contribution in [0.5, 0.6) is 11.5 Å². The molecule has 1 unspecified atom stereocenters. The van der Waals surface area contributed by atoms with Gasteiger partial charge in [-0.3, -0.25) is 19.3 Å². The van der Waals surface area contributed by atoms with Gasteiger partial charge in [0.2, 0.25) is 5.91 Å². The molecule has 8 nitrogen and oxygen atoms in total. The van der Waals surface area contributed by atoms with Crippen molar-refractivity contribution in [3.8, 4) is 11.5 Å². The number of methoxy groups -OCH3 is 2. The summed E-state index contributed by atoms with van der Waals surface area (Å²) in [7, 11) is 3.04. The van der Waals surface area contributed by atoms with E-state index in [4.69, 9.17) is 9.47 Å². The monoisotopic (exact) mass is 486 g/mol. The first kappa shape index (κ1) is 24.5. The number of ether oxygens (including phenoxy) is 2. The van der Waals surface area contributed by atoms with Gasteiger partial charge in [0.1, 0.15) is 17.3 Å². The number of anilines is 2. The predicted molar refractivity (Wildman–Crippen MR) is 136 cm³/mol. The van der Waals surface area contributed by atoms with Gasteiger partial charge in [0.25, 0.3) is 11.7 Å². The van der Waals surface area contributed by atoms with Crippen LogP contribution in [0, 0.1) is 6.92 Å². The summed E-state index contributed by atoms with van der Waals surface area (Å²) in [6.07, 6.45) is 0. The van der Waals surface area contributed by atoms with Crippen LogP contribution in [0.3, 0.4) is 0 Å². The van der Waals surface area contributed by atoms with Gasteiger partial charge in [-0.15, -0.1) is 0 Å². The zero-order valence-electron chi connectivity index (χ0n) is 20.4. The summed E-state index contributed by atoms with van der Waals surface area (Å²) in [6, 6.07) is 17.7. The van der Waals surface area contributed by atoms with Gasteiger partial charge in [-0.05, 0) is 61.0 Å². The first-order chi connectivity index (χ1) is 17.3. The number of aryl methyl sites for hydroxylation is 1. The second kappa shape index (κ2) is 9.95. The Labute approximate surface area is 208 Å². The van der Waals surface area contributed by atoms with Gasteiger partial charge in [-0.25, -0.2) is 0 Å². The highest BCUT2D eigenvalue weighted by atomic mass is 16.5. The third-order valence-electron chi connectivity index (χ3n) is 6.03. The average Bonchev–Trinajstić information content (AvgIpc) is 3.13. The van der Waals surface area contributed by atoms with Crippen LogP contribution in [-0.2, 0) is 14.4 Å². The van der Waals surface area contributed by atoms with Gasteiger partial charge in [-0.1, -0.05) is 18.2 Å². The molecule has 3 aromatic carbocycles. The van der Waals surface area contributed by atoms with Crippen LogP contribution in [0.2, 0.25) is 0 Å². The van der Waals surface area contributed by atoms with Crippen LogP contribution in [0.4, 0.5) is 11.4 Å². The number of rotatable bonds is 6. The molecular weight excluding hydrogens is 460 g/mol. The SMILES string of the molecule is COc1ccc(/C(O)=C2\C(=O)C(=O)N(c3ccc(NC(C)=O)cc3)C2c2ccccc2OC)c(C)c1. The summed E-state index contributed by atoms with van der Waals surface area (Å²) in [6.45, 7) is 3.18. The molecule has 1 atom stereocenters. The highest BCUT2D eigenvalue weighted by Gasteiger charge is 2.48. The molecule has 4 rings (SSSR count). The van der Waals surface area contributed by atoms with Gasteiger partial charge in [0.05, 0.1) is 25.8 Å². The summed E-state index contributed by atoms with van der Waals surface area (Å²) < 4.78 is 10.8. The van der Waals surface area contributed by atoms with E-state index < -0.39 is 17.7 Å². The molecule has 0 spiro atoms. The van der Waals surface area contributed by atoms with Gasteiger partial charge in [0.15, 0.2) is 0 Å². The molecule has 2 N–H and O–H groups in total. The number of carbonyl (C=O) groups is 3. The van der Waals surface area contributed by atoms with Crippen LogP contribution >= 0.6 is 0 Å². The second-order valence-electron chi connectivity index (χ2n) is 8.32. The van der Waals surface area contributed by atoms with E-state index in [0.717, 1.165) is 0 Å². The van der Waals surface area contributed by atoms with Crippen molar-refractivity contribution in [3.05, 3.63) is 89.0 Å². The Bertz CT molecular complexity index is 1380. The molecule has 0 aromatic heterocycles. The van der Waals surface area contributed by atoms with E-state index in [0.29, 0.717) is 39.6 Å². The summed E-state index contributed by atoms with van der Waals surface area (Å²) in [5.74, 6) is -1.06. The average molecular weight is 487 g/mol. The lowest BCUT2D eigenvalue weighted by molar-refractivity contribution is -0.132. The highest BCUT2D eigenvalue weighted by molar-refractivity contribution is 6.51. The molecule has 8 heteroatoms. The third-order valence-corrected chi connectivity index (χ3v) is 6.03. The molecular formula is C28H26N2O6. The van der Waals surface area contributed by atoms with Gasteiger partial charge in [-0.2, -0.15) is 0 Å². The number of carbonyl (C=O) groups excluding carboxylic acids is 3. The maximum absolute atomic E-state index is 13.4. The molecule has 0 saturated carbocycles. The topological polar surface area (TPSA) is 105 Å². The number of benzene rings is 3. The van der Waals surface area contributed by atoms with Gasteiger partial charge < -0.3 is 19.9 Å². The fraction of sp³-hybridized carbons (Fsp3) is 0.179. The van der Waals surface area contributed by atoms with Gasteiger partial charge in [0, 0.05) is 29.4 Å². The van der Waals surface area contributed by atoms with E-state index in [2.05, 4.69) is 5.32 Å². The Kier molecular flexibility index (Phi) is 6.78. The minimum absolute atomic E-state index is 0.0521. The maximum atomic E-state index is 13.4. The summed E-state index contributed by atoms with van der Waals surface area (Å²) in [5, 5.41) is 14.1. The number of nitrogens with zero attached hydrogens (tertiary/aromatic N) is 1. The number of aliphatic hydroxyl groups is 1. The lowest BCUT2D eigenvalue weighted by Gasteiger charge is -2.27. The van der Waals surface area contributed by atoms with Crippen molar-refractivity contribution in [3.63, 3.8) is 0 Å². The molecule has 36 heavy (non-hydrogen) atoms. The normalized spacial score (nSPS) is 16.7. The number of nitrogens with one attached hydrogen (secondary N) is 1. The van der Waals surface area contributed by atoms with Crippen molar-refractivity contribution in [1.82, 2.24) is 0 Å². The molecule has 0 radical (unpaired) electrons. The van der Waals surface area contributed by atoms with Crippen LogP contribution in [0.25, 0.3) is 5.76 Å². The molecule has 2 amide bonds. The van der Waals surface area contributed by atoms with E-state index in [1.54, 1.807) is 80.8 Å². The number of hydrogen-bond donors (Lipinski definition) is 2. The zero-order chi connectivity index (χ0) is 26.0. The van der Waals surface area contributed by atoms with E-state index in [-0.39, 0.29) is 17.2 Å². The number of para-hydroxylation sites is 1. The summed E-state index contributed by atoms with van der Waals surface area (Å²) in [5.41, 5.74) is 2.55. The standard InChI is InChI=1S/C28H26N2O6/c1-16-15-20(35-3)13-14-21(16)26(32)24-25(22-7-5-6-8-23(22)36-4)30(28(34)27(24)33)19-11-9-18(10-12-19)29-17(2)31/h5-15,25,32H,1-4H3,(H,29,31)/b26-24+. The fourth-order valence-electron chi connectivity index (χ4n) is 4.37. The van der Waals surface area contributed by atoms with Crippen molar-refractivity contribution in [2.75, 3.05) is 24.4 Å². The van der Waals surface area contributed by atoms with Crippen LogP contribution in [0.1, 0.15) is 29.7 Å². The van der Waals surface area contributed by atoms with Crippen LogP contribution in [0.15, 0.2) is 72.3 Å². The minimum Gasteiger partial charge on any atom is -0.507 e. The zero-order valence-corrected chi connectivity index (χ0v) is 20.4. The second-order valence-corrected chi connectivity index (χ2v) is 8.32. The van der Waals surface area contributed by atoms with Crippen molar-refractivity contribution < 1.29 is 29.0 Å². The predicted octanol–water partition coefficient (Wildman–Crippen LogP) is 4.60. The lowest BCUT2D eigenvalue weighted by atomic mass is 9.93. The molecule has 184 valence electrons. The number of Topliss-reactive ketones (excluding diaryl/α,β-unsaturated/α-hetero) is 1. The number of ketones is 1. The summed E-state index contributed by atoms with van der Waals surface area (Å²) >= 11 is 0. The molecule has 1 saturated heterocycles. The Balaban J connectivity index is 1.93. The number of aliphatic hydroxyl groups excluding tert-OH is 1. The Morgan fingerprint density at radius 1 is 0.972 bits per heavy atom. The third kappa shape index (κ3) is 4.40. The Morgan fingerprint density at radius 3 is 2.28 bits per heavy atom. The number of amides is 2. The van der Waals surface area contributed by atoms with E-state index in [9.17, 15) is 19.5 Å². The summed E-state index contributed by atoms with van der Waals surface area (Å²) in [4.78, 5) is 39.5.